The van der Waals surface area contributed by atoms with Gasteiger partial charge in [-0.1, -0.05) is 6.92 Å². The third-order valence-electron chi connectivity index (χ3n) is 0.641. The molecule has 0 fully saturated rings. The molecule has 38 valence electrons. The van der Waals surface area contributed by atoms with Crippen LogP contribution < -0.4 is 11.6 Å². The molecule has 0 saturated carbocycles. The van der Waals surface area contributed by atoms with Crippen molar-refractivity contribution in [2.45, 2.75) is 6.92 Å². The van der Waals surface area contributed by atoms with Crippen LogP contribution in [0.1, 0.15) is 6.92 Å². The molecule has 0 radical (unpaired) electrons. The molecule has 6 heavy (non-hydrogen) atoms. The summed E-state index contributed by atoms with van der Waals surface area (Å²) in [5, 5.41) is 1.53. The van der Waals surface area contributed by atoms with Crippen LogP contribution in [-0.4, -0.2) is 18.2 Å². The van der Waals surface area contributed by atoms with Gasteiger partial charge < -0.3 is 5.73 Å². The summed E-state index contributed by atoms with van der Waals surface area (Å²) in [7, 11) is 0. The Bertz CT molecular complexity index is 25.2. The number of nitrogens with zero attached hydrogens (tertiary/aromatic N) is 1. The first-order valence-corrected chi connectivity index (χ1v) is 2.01. The number of hydrazine groups is 1. The first-order valence-electron chi connectivity index (χ1n) is 2.01. The minimum atomic E-state index is 0.441. The van der Waals surface area contributed by atoms with E-state index < -0.39 is 0 Å². The second kappa shape index (κ2) is 3.08. The van der Waals surface area contributed by atoms with Gasteiger partial charge in [-0.3, -0.25) is 5.84 Å². The van der Waals surface area contributed by atoms with E-state index in [4.69, 9.17) is 11.6 Å². The minimum Gasteiger partial charge on any atom is -0.317 e. The van der Waals surface area contributed by atoms with E-state index in [-0.39, 0.29) is 0 Å². The van der Waals surface area contributed by atoms with E-state index in [1.807, 2.05) is 6.92 Å². The van der Waals surface area contributed by atoms with Crippen LogP contribution in [-0.2, 0) is 0 Å². The summed E-state index contributed by atoms with van der Waals surface area (Å²) in [6.07, 6.45) is 0. The Labute approximate surface area is 37.9 Å². The molecule has 0 amide bonds. The van der Waals surface area contributed by atoms with Gasteiger partial charge in [0.1, 0.15) is 0 Å². The van der Waals surface area contributed by atoms with E-state index in [2.05, 4.69) is 0 Å². The van der Waals surface area contributed by atoms with Gasteiger partial charge in [-0.25, -0.2) is 5.01 Å². The van der Waals surface area contributed by atoms with Gasteiger partial charge in [0.15, 0.2) is 0 Å². The fourth-order valence-corrected chi connectivity index (χ4v) is 0.129. The maximum absolute atomic E-state index is 5.18. The van der Waals surface area contributed by atoms with Gasteiger partial charge in [-0.05, 0) is 0 Å². The Balaban J connectivity index is 2.75. The summed E-state index contributed by atoms with van der Waals surface area (Å²) in [5.74, 6) is 5.18. The van der Waals surface area contributed by atoms with Gasteiger partial charge in [0.05, 0.1) is 6.67 Å². The Kier molecular flexibility index (Phi) is 3.02. The van der Waals surface area contributed by atoms with Crippen molar-refractivity contribution in [3.8, 4) is 0 Å². The number of hydrogen-bond acceptors (Lipinski definition) is 3. The van der Waals surface area contributed by atoms with Crippen LogP contribution >= 0.6 is 0 Å². The molecule has 0 spiro atoms. The zero-order valence-corrected chi connectivity index (χ0v) is 4.02. The summed E-state index contributed by atoms with van der Waals surface area (Å²) >= 11 is 0. The highest BCUT2D eigenvalue weighted by atomic mass is 15.4. The molecule has 0 aromatic rings. The van der Waals surface area contributed by atoms with Gasteiger partial charge in [0, 0.05) is 6.54 Å². The summed E-state index contributed by atoms with van der Waals surface area (Å²) in [6.45, 7) is 3.21. The van der Waals surface area contributed by atoms with E-state index in [9.17, 15) is 0 Å². The highest BCUT2D eigenvalue weighted by molar-refractivity contribution is 4.30. The Hall–Kier alpha value is -0.120. The quantitative estimate of drug-likeness (QED) is 0.262. The van der Waals surface area contributed by atoms with Crippen molar-refractivity contribution in [1.82, 2.24) is 5.01 Å². The third-order valence-corrected chi connectivity index (χ3v) is 0.641. The Morgan fingerprint density at radius 3 is 2.17 bits per heavy atom. The summed E-state index contributed by atoms with van der Waals surface area (Å²) in [6, 6.07) is 0. The standard InChI is InChI=1S/C3H11N3/c1-2-6(5)3-4/h2-5H2,1H3. The Morgan fingerprint density at radius 2 is 2.17 bits per heavy atom. The van der Waals surface area contributed by atoms with Gasteiger partial charge in [0.2, 0.25) is 0 Å². The zero-order chi connectivity index (χ0) is 4.99. The van der Waals surface area contributed by atoms with Gasteiger partial charge in [-0.2, -0.15) is 0 Å². The molecule has 0 bridgehead atoms. The van der Waals surface area contributed by atoms with Crippen molar-refractivity contribution in [1.29, 1.82) is 0 Å². The highest BCUT2D eigenvalue weighted by Crippen LogP contribution is 1.62. The van der Waals surface area contributed by atoms with Crippen LogP contribution in [0.3, 0.4) is 0 Å². The minimum absolute atomic E-state index is 0.441. The van der Waals surface area contributed by atoms with Crippen LogP contribution in [0.2, 0.25) is 0 Å². The summed E-state index contributed by atoms with van der Waals surface area (Å²) in [5.41, 5.74) is 5.08. The van der Waals surface area contributed by atoms with Gasteiger partial charge in [-0.15, -0.1) is 0 Å². The van der Waals surface area contributed by atoms with Gasteiger partial charge >= 0.3 is 0 Å². The number of nitrogens with two attached hydrogens (primary N) is 2. The van der Waals surface area contributed by atoms with Crippen molar-refractivity contribution in [3.63, 3.8) is 0 Å². The molecule has 0 saturated heterocycles. The molecule has 3 heteroatoms. The SMILES string of the molecule is CCN(N)CN. The van der Waals surface area contributed by atoms with E-state index in [0.29, 0.717) is 6.67 Å². The van der Waals surface area contributed by atoms with Crippen molar-refractivity contribution in [3.05, 3.63) is 0 Å². The molecule has 0 aromatic carbocycles. The lowest BCUT2D eigenvalue weighted by Gasteiger charge is -2.06. The molecule has 4 N–H and O–H groups in total. The van der Waals surface area contributed by atoms with E-state index in [1.165, 1.54) is 5.01 Å². The second-order valence-electron chi connectivity index (χ2n) is 1.09. The van der Waals surface area contributed by atoms with Gasteiger partial charge in [0.25, 0.3) is 0 Å². The highest BCUT2D eigenvalue weighted by Gasteiger charge is 1.82. The first kappa shape index (κ1) is 5.88. The van der Waals surface area contributed by atoms with Crippen LogP contribution in [0.4, 0.5) is 0 Å². The lowest BCUT2D eigenvalue weighted by molar-refractivity contribution is 0.309. The lowest BCUT2D eigenvalue weighted by atomic mass is 10.7. The Morgan fingerprint density at radius 1 is 1.67 bits per heavy atom. The molecular formula is C3H11N3. The van der Waals surface area contributed by atoms with Crippen molar-refractivity contribution in [2.24, 2.45) is 11.6 Å². The van der Waals surface area contributed by atoms with Crippen molar-refractivity contribution in [2.75, 3.05) is 13.2 Å². The number of rotatable bonds is 2. The lowest BCUT2D eigenvalue weighted by Crippen LogP contribution is -2.35. The molecule has 3 nitrogen and oxygen atoms in total. The normalized spacial score (nSPS) is 10.0. The van der Waals surface area contributed by atoms with Crippen molar-refractivity contribution >= 4 is 0 Å². The molecular weight excluding hydrogens is 78.1 g/mol. The molecule has 0 aliphatic heterocycles. The molecule has 0 aromatic heterocycles. The molecule has 0 atom stereocenters. The average molecular weight is 89.1 g/mol. The molecule has 0 aliphatic carbocycles. The van der Waals surface area contributed by atoms with E-state index in [0.717, 1.165) is 6.54 Å². The average Bonchev–Trinajstić information content (AvgIpc) is 1.65. The monoisotopic (exact) mass is 89.1 g/mol. The summed E-state index contributed by atoms with van der Waals surface area (Å²) < 4.78 is 0. The molecule has 0 aliphatic rings. The smallest absolute Gasteiger partial charge is 0.0593 e. The first-order chi connectivity index (χ1) is 2.81. The number of hydrogen-bond donors (Lipinski definition) is 2. The maximum Gasteiger partial charge on any atom is 0.0593 e. The second-order valence-corrected chi connectivity index (χ2v) is 1.09. The molecule has 0 unspecified atom stereocenters. The largest absolute Gasteiger partial charge is 0.317 e. The predicted molar refractivity (Wildman–Crippen MR) is 25.6 cm³/mol. The third kappa shape index (κ3) is 2.14. The van der Waals surface area contributed by atoms with Crippen LogP contribution in [0.5, 0.6) is 0 Å². The van der Waals surface area contributed by atoms with E-state index in [1.54, 1.807) is 0 Å². The zero-order valence-electron chi connectivity index (χ0n) is 4.02. The fourth-order valence-electron chi connectivity index (χ4n) is 0.129. The summed E-state index contributed by atoms with van der Waals surface area (Å²) in [4.78, 5) is 0. The van der Waals surface area contributed by atoms with Crippen LogP contribution in [0.15, 0.2) is 0 Å². The van der Waals surface area contributed by atoms with Crippen LogP contribution in [0.25, 0.3) is 0 Å². The van der Waals surface area contributed by atoms with Crippen molar-refractivity contribution < 1.29 is 0 Å². The predicted octanol–water partition coefficient (Wildman–Crippen LogP) is -0.902. The molecule has 0 rings (SSSR count). The fraction of sp³-hybridized carbons (Fsp3) is 1.00. The maximum atomic E-state index is 5.18. The van der Waals surface area contributed by atoms with E-state index >= 15 is 0 Å². The van der Waals surface area contributed by atoms with Crippen LogP contribution in [0, 0.1) is 0 Å². The molecule has 0 heterocycles. The topological polar surface area (TPSA) is 55.3 Å².